The molecule has 2 heterocycles. The van der Waals surface area contributed by atoms with Crippen molar-refractivity contribution in [1.82, 2.24) is 20.1 Å². The highest BCUT2D eigenvalue weighted by Gasteiger charge is 2.50. The summed E-state index contributed by atoms with van der Waals surface area (Å²) in [6.45, 7) is 3.34. The van der Waals surface area contributed by atoms with Crippen LogP contribution >= 0.6 is 0 Å². The van der Waals surface area contributed by atoms with Crippen LogP contribution in [0.15, 0.2) is 18.3 Å². The molecule has 6 nitrogen and oxygen atoms in total. The molecular weight excluding hydrogens is 311 g/mol. The molecule has 0 aromatic carbocycles. The van der Waals surface area contributed by atoms with Crippen LogP contribution in [0.5, 0.6) is 0 Å². The average molecular weight is 330 g/mol. The van der Waals surface area contributed by atoms with Gasteiger partial charge in [0.2, 0.25) is 0 Å². The third-order valence-electron chi connectivity index (χ3n) is 4.75. The molecule has 0 spiro atoms. The Morgan fingerprint density at radius 2 is 2.29 bits per heavy atom. The van der Waals surface area contributed by atoms with Crippen molar-refractivity contribution < 1.29 is 14.3 Å². The number of carbonyl (C=O) groups is 1. The van der Waals surface area contributed by atoms with Crippen molar-refractivity contribution in [1.29, 1.82) is 0 Å². The number of pyridine rings is 1. The number of aliphatic hydroxyl groups is 1. The highest BCUT2D eigenvalue weighted by Crippen LogP contribution is 2.57. The molecule has 1 fully saturated rings. The fraction of sp³-hybridized carbons (Fsp3) is 0.471. The summed E-state index contributed by atoms with van der Waals surface area (Å²) in [5.74, 6) is 0.788. The summed E-state index contributed by atoms with van der Waals surface area (Å²) in [6.07, 6.45) is 3.09. The van der Waals surface area contributed by atoms with Crippen LogP contribution in [0.3, 0.4) is 0 Å². The number of carbonyl (C=O) groups excluding carboxylic acids is 1. The Morgan fingerprint density at radius 3 is 2.96 bits per heavy atom. The van der Waals surface area contributed by atoms with E-state index in [1.807, 2.05) is 0 Å². The summed E-state index contributed by atoms with van der Waals surface area (Å²) >= 11 is 0. The maximum Gasteiger partial charge on any atom is 0.272 e. The van der Waals surface area contributed by atoms with E-state index in [1.54, 1.807) is 24.6 Å². The molecule has 2 aliphatic rings. The van der Waals surface area contributed by atoms with Crippen molar-refractivity contribution in [3.8, 4) is 5.82 Å². The van der Waals surface area contributed by atoms with Crippen molar-refractivity contribution in [3.05, 3.63) is 41.1 Å². The Hall–Kier alpha value is -2.28. The Balaban J connectivity index is 1.75. The molecule has 2 unspecified atom stereocenters. The van der Waals surface area contributed by atoms with Gasteiger partial charge in [-0.2, -0.15) is 5.10 Å². The lowest BCUT2D eigenvalue weighted by Gasteiger charge is -2.23. The van der Waals surface area contributed by atoms with Gasteiger partial charge >= 0.3 is 0 Å². The topological polar surface area (TPSA) is 80.0 Å². The highest BCUT2D eigenvalue weighted by atomic mass is 19.1. The number of nitrogens with zero attached hydrogens (tertiary/aromatic N) is 3. The fourth-order valence-corrected chi connectivity index (χ4v) is 3.37. The van der Waals surface area contributed by atoms with Crippen LogP contribution in [0, 0.1) is 11.7 Å². The monoisotopic (exact) mass is 330 g/mol. The fourth-order valence-electron chi connectivity index (χ4n) is 3.37. The molecule has 0 aliphatic heterocycles. The molecule has 1 amide bonds. The molecular formula is C17H19FN4O2. The number of hydrogen-bond acceptors (Lipinski definition) is 4. The van der Waals surface area contributed by atoms with Gasteiger partial charge in [-0.3, -0.25) is 4.79 Å². The first-order valence-electron chi connectivity index (χ1n) is 8.07. The van der Waals surface area contributed by atoms with Gasteiger partial charge in [0.05, 0.1) is 24.0 Å². The molecule has 2 aliphatic carbocycles. The molecule has 0 radical (unpaired) electrons. The molecule has 126 valence electrons. The van der Waals surface area contributed by atoms with Crippen LogP contribution in [0.25, 0.3) is 5.82 Å². The van der Waals surface area contributed by atoms with Crippen LogP contribution in [0.1, 0.15) is 47.9 Å². The van der Waals surface area contributed by atoms with E-state index in [2.05, 4.69) is 15.4 Å². The Kier molecular flexibility index (Phi) is 3.25. The number of aromatic nitrogens is 3. The Bertz CT molecular complexity index is 813. The van der Waals surface area contributed by atoms with E-state index in [0.29, 0.717) is 23.3 Å². The first-order valence-corrected chi connectivity index (χ1v) is 8.07. The molecule has 2 aromatic heterocycles. The smallest absolute Gasteiger partial charge is 0.272 e. The molecule has 2 N–H and O–H groups in total. The molecule has 24 heavy (non-hydrogen) atoms. The molecule has 4 rings (SSSR count). The summed E-state index contributed by atoms with van der Waals surface area (Å²) in [5.41, 5.74) is 1.63. The molecule has 2 atom stereocenters. The molecule has 1 saturated carbocycles. The minimum Gasteiger partial charge on any atom is -0.394 e. The second-order valence-electron chi connectivity index (χ2n) is 7.26. The number of aliphatic hydroxyl groups excluding tert-OH is 1. The van der Waals surface area contributed by atoms with Crippen LogP contribution < -0.4 is 5.32 Å². The zero-order valence-corrected chi connectivity index (χ0v) is 13.6. The Labute approximate surface area is 138 Å². The van der Waals surface area contributed by atoms with Crippen LogP contribution in [-0.2, 0) is 6.42 Å². The Morgan fingerprint density at radius 1 is 1.50 bits per heavy atom. The van der Waals surface area contributed by atoms with Crippen molar-refractivity contribution in [2.24, 2.45) is 5.92 Å². The quantitative estimate of drug-likeness (QED) is 0.892. The number of rotatable bonds is 4. The minimum absolute atomic E-state index is 0.160. The van der Waals surface area contributed by atoms with E-state index in [1.165, 1.54) is 6.07 Å². The van der Waals surface area contributed by atoms with Gasteiger partial charge in [0.1, 0.15) is 5.82 Å². The third-order valence-corrected chi connectivity index (χ3v) is 4.75. The van der Waals surface area contributed by atoms with E-state index in [4.69, 9.17) is 0 Å². The zero-order valence-electron chi connectivity index (χ0n) is 13.6. The standard InChI is InChI=1S/C17H19FN4O2/c1-17(2,8-23)20-16(24)14-12-6-9-5-11(9)15(12)22(21-14)13-4-3-10(18)7-19-13/h3-4,7,9,11,23H,5-6,8H2,1-2H3,(H,20,24). The van der Waals surface area contributed by atoms with Gasteiger partial charge < -0.3 is 10.4 Å². The van der Waals surface area contributed by atoms with Crippen LogP contribution in [0.2, 0.25) is 0 Å². The first-order chi connectivity index (χ1) is 11.4. The summed E-state index contributed by atoms with van der Waals surface area (Å²) in [7, 11) is 0. The average Bonchev–Trinajstić information content (AvgIpc) is 3.04. The van der Waals surface area contributed by atoms with E-state index in [0.717, 1.165) is 30.3 Å². The number of hydrogen-bond donors (Lipinski definition) is 2. The number of halogens is 1. The zero-order chi connectivity index (χ0) is 17.1. The predicted octanol–water partition coefficient (Wildman–Crippen LogP) is 1.57. The summed E-state index contributed by atoms with van der Waals surface area (Å²) < 4.78 is 14.8. The van der Waals surface area contributed by atoms with Gasteiger partial charge in [0.15, 0.2) is 11.5 Å². The lowest BCUT2D eigenvalue weighted by Crippen LogP contribution is -2.46. The molecule has 2 aromatic rings. The lowest BCUT2D eigenvalue weighted by atomic mass is 10.1. The summed E-state index contributed by atoms with van der Waals surface area (Å²) in [6, 6.07) is 2.90. The summed E-state index contributed by atoms with van der Waals surface area (Å²) in [4.78, 5) is 16.7. The van der Waals surface area contributed by atoms with Crippen LogP contribution in [-0.4, -0.2) is 37.9 Å². The van der Waals surface area contributed by atoms with Crippen molar-refractivity contribution in [3.63, 3.8) is 0 Å². The normalized spacial score (nSPS) is 21.3. The maximum atomic E-state index is 13.1. The molecule has 0 saturated heterocycles. The second-order valence-corrected chi connectivity index (χ2v) is 7.26. The van der Waals surface area contributed by atoms with Gasteiger partial charge in [0.25, 0.3) is 5.91 Å². The lowest BCUT2D eigenvalue weighted by molar-refractivity contribution is 0.0863. The van der Waals surface area contributed by atoms with Crippen molar-refractivity contribution >= 4 is 5.91 Å². The number of amides is 1. The maximum absolute atomic E-state index is 13.1. The van der Waals surface area contributed by atoms with Crippen LogP contribution in [0.4, 0.5) is 4.39 Å². The highest BCUT2D eigenvalue weighted by molar-refractivity contribution is 5.95. The number of fused-ring (bicyclic) bond motifs is 3. The summed E-state index contributed by atoms with van der Waals surface area (Å²) in [5, 5.41) is 16.6. The number of nitrogens with one attached hydrogen (secondary N) is 1. The van der Waals surface area contributed by atoms with E-state index >= 15 is 0 Å². The predicted molar refractivity (Wildman–Crippen MR) is 84.5 cm³/mol. The molecule has 0 bridgehead atoms. The van der Waals surface area contributed by atoms with Crippen molar-refractivity contribution in [2.45, 2.75) is 38.1 Å². The van der Waals surface area contributed by atoms with E-state index in [-0.39, 0.29) is 12.5 Å². The SMILES string of the molecule is CC(C)(CO)NC(=O)c1nn(-c2ccc(F)cn2)c2c1CC1CC21. The molecule has 7 heteroatoms. The second kappa shape index (κ2) is 5.11. The van der Waals surface area contributed by atoms with E-state index < -0.39 is 11.4 Å². The van der Waals surface area contributed by atoms with Crippen molar-refractivity contribution in [2.75, 3.05) is 6.61 Å². The minimum atomic E-state index is -0.719. The first kappa shape index (κ1) is 15.3. The van der Waals surface area contributed by atoms with Gasteiger partial charge in [-0.25, -0.2) is 14.1 Å². The van der Waals surface area contributed by atoms with Gasteiger partial charge in [-0.05, 0) is 44.7 Å². The van der Waals surface area contributed by atoms with Gasteiger partial charge in [-0.15, -0.1) is 0 Å². The van der Waals surface area contributed by atoms with Gasteiger partial charge in [0, 0.05) is 11.5 Å². The van der Waals surface area contributed by atoms with E-state index in [9.17, 15) is 14.3 Å². The largest absolute Gasteiger partial charge is 0.394 e. The third kappa shape index (κ3) is 2.39. The van der Waals surface area contributed by atoms with Gasteiger partial charge in [-0.1, -0.05) is 0 Å².